The highest BCUT2D eigenvalue weighted by Crippen LogP contribution is 2.38. The number of aromatic amines is 1. The van der Waals surface area contributed by atoms with Crippen LogP contribution >= 0.6 is 0 Å². The lowest BCUT2D eigenvalue weighted by atomic mass is 9.70. The molecule has 0 radical (unpaired) electrons. The van der Waals surface area contributed by atoms with E-state index in [0.29, 0.717) is 12.2 Å². The monoisotopic (exact) mass is 298 g/mol. The van der Waals surface area contributed by atoms with Gasteiger partial charge in [0.05, 0.1) is 6.20 Å². The SMILES string of the molecule is CCc1ncc(S(=O)(=O)NC2CCNC3(CCC3)C2)[nH]1. The van der Waals surface area contributed by atoms with Crippen LogP contribution in [0.4, 0.5) is 0 Å². The summed E-state index contributed by atoms with van der Waals surface area (Å²) in [6.07, 6.45) is 7.40. The van der Waals surface area contributed by atoms with Crippen molar-refractivity contribution in [2.75, 3.05) is 6.54 Å². The van der Waals surface area contributed by atoms with Crippen LogP contribution in [0.1, 0.15) is 44.9 Å². The number of sulfonamides is 1. The van der Waals surface area contributed by atoms with Gasteiger partial charge in [0.1, 0.15) is 5.82 Å². The molecule has 0 amide bonds. The predicted octanol–water partition coefficient (Wildman–Crippen LogP) is 0.925. The van der Waals surface area contributed by atoms with Gasteiger partial charge < -0.3 is 10.3 Å². The van der Waals surface area contributed by atoms with E-state index in [-0.39, 0.29) is 16.6 Å². The number of nitrogens with one attached hydrogen (secondary N) is 3. The average Bonchev–Trinajstić information content (AvgIpc) is 2.86. The fourth-order valence-electron chi connectivity index (χ4n) is 3.18. The van der Waals surface area contributed by atoms with Gasteiger partial charge in [0.15, 0.2) is 5.03 Å². The largest absolute Gasteiger partial charge is 0.332 e. The smallest absolute Gasteiger partial charge is 0.257 e. The standard InChI is InChI=1S/C13H22N4O2S/c1-2-11-14-9-12(16-11)20(18,19)17-10-4-7-15-13(8-10)5-3-6-13/h9-10,15,17H,2-8H2,1H3,(H,14,16). The third kappa shape index (κ3) is 2.62. The molecule has 0 bridgehead atoms. The molecule has 3 rings (SSSR count). The van der Waals surface area contributed by atoms with E-state index in [2.05, 4.69) is 20.0 Å². The summed E-state index contributed by atoms with van der Waals surface area (Å²) < 4.78 is 27.5. The molecule has 1 aliphatic heterocycles. The number of aromatic nitrogens is 2. The topological polar surface area (TPSA) is 86.9 Å². The molecule has 112 valence electrons. The fourth-order valence-corrected chi connectivity index (χ4v) is 4.40. The van der Waals surface area contributed by atoms with Crippen molar-refractivity contribution in [1.29, 1.82) is 0 Å². The number of nitrogens with zero attached hydrogens (tertiary/aromatic N) is 1. The van der Waals surface area contributed by atoms with Gasteiger partial charge in [-0.1, -0.05) is 6.92 Å². The molecule has 1 atom stereocenters. The lowest BCUT2D eigenvalue weighted by molar-refractivity contribution is 0.126. The zero-order valence-corrected chi connectivity index (χ0v) is 12.6. The number of piperidine rings is 1. The lowest BCUT2D eigenvalue weighted by Gasteiger charge is -2.48. The van der Waals surface area contributed by atoms with Gasteiger partial charge in [-0.3, -0.25) is 0 Å². The Morgan fingerprint density at radius 2 is 2.30 bits per heavy atom. The molecule has 7 heteroatoms. The molecule has 2 heterocycles. The van der Waals surface area contributed by atoms with Gasteiger partial charge in [-0.25, -0.2) is 18.1 Å². The molecule has 3 N–H and O–H groups in total. The molecule has 6 nitrogen and oxygen atoms in total. The van der Waals surface area contributed by atoms with Crippen LogP contribution in [0.15, 0.2) is 11.2 Å². The normalized spacial score (nSPS) is 25.6. The van der Waals surface area contributed by atoms with Crippen molar-refractivity contribution >= 4 is 10.0 Å². The van der Waals surface area contributed by atoms with E-state index in [0.717, 1.165) is 32.2 Å². The summed E-state index contributed by atoms with van der Waals surface area (Å²) in [5.41, 5.74) is 0.188. The van der Waals surface area contributed by atoms with Crippen LogP contribution in [0.5, 0.6) is 0 Å². The highest BCUT2D eigenvalue weighted by atomic mass is 32.2. The van der Waals surface area contributed by atoms with Gasteiger partial charge in [0.25, 0.3) is 10.0 Å². The number of H-pyrrole nitrogens is 1. The van der Waals surface area contributed by atoms with Gasteiger partial charge in [-0.05, 0) is 38.6 Å². The van der Waals surface area contributed by atoms with Crippen molar-refractivity contribution in [2.45, 2.75) is 62.1 Å². The second-order valence-electron chi connectivity index (χ2n) is 5.92. The van der Waals surface area contributed by atoms with E-state index < -0.39 is 10.0 Å². The quantitative estimate of drug-likeness (QED) is 0.771. The van der Waals surface area contributed by atoms with E-state index in [4.69, 9.17) is 0 Å². The van der Waals surface area contributed by atoms with E-state index in [1.807, 2.05) is 6.92 Å². The second-order valence-corrected chi connectivity index (χ2v) is 7.60. The maximum absolute atomic E-state index is 12.3. The average molecular weight is 298 g/mol. The molecule has 1 saturated heterocycles. The number of aryl methyl sites for hydroxylation is 1. The maximum atomic E-state index is 12.3. The molecular formula is C13H22N4O2S. The number of hydrogen-bond donors (Lipinski definition) is 3. The van der Waals surface area contributed by atoms with Gasteiger partial charge >= 0.3 is 0 Å². The molecule has 1 aromatic rings. The van der Waals surface area contributed by atoms with Crippen molar-refractivity contribution < 1.29 is 8.42 Å². The first kappa shape index (κ1) is 14.0. The first-order valence-electron chi connectivity index (χ1n) is 7.34. The Bertz CT molecular complexity index is 577. The van der Waals surface area contributed by atoms with Crippen molar-refractivity contribution in [1.82, 2.24) is 20.0 Å². The summed E-state index contributed by atoms with van der Waals surface area (Å²) in [6.45, 7) is 2.83. The van der Waals surface area contributed by atoms with E-state index in [1.54, 1.807) is 0 Å². The number of hydrogen-bond acceptors (Lipinski definition) is 4. The Balaban J connectivity index is 1.69. The molecular weight excluding hydrogens is 276 g/mol. The Labute approximate surface area is 119 Å². The predicted molar refractivity (Wildman–Crippen MR) is 75.9 cm³/mol. The van der Waals surface area contributed by atoms with Crippen LogP contribution in [0.2, 0.25) is 0 Å². The van der Waals surface area contributed by atoms with Crippen molar-refractivity contribution in [3.63, 3.8) is 0 Å². The van der Waals surface area contributed by atoms with Gasteiger partial charge in [0.2, 0.25) is 0 Å². The third-order valence-corrected chi connectivity index (χ3v) is 5.92. The Morgan fingerprint density at radius 1 is 1.50 bits per heavy atom. The first-order chi connectivity index (χ1) is 9.53. The van der Waals surface area contributed by atoms with Crippen molar-refractivity contribution in [2.24, 2.45) is 0 Å². The van der Waals surface area contributed by atoms with Crippen molar-refractivity contribution in [3.05, 3.63) is 12.0 Å². The summed E-state index contributed by atoms with van der Waals surface area (Å²) in [4.78, 5) is 6.93. The zero-order chi connectivity index (χ0) is 14.2. The molecule has 2 aliphatic rings. The Kier molecular flexibility index (Phi) is 3.60. The summed E-state index contributed by atoms with van der Waals surface area (Å²) in [5.74, 6) is 0.700. The van der Waals surface area contributed by atoms with Crippen molar-refractivity contribution in [3.8, 4) is 0 Å². The minimum atomic E-state index is -3.48. The molecule has 20 heavy (non-hydrogen) atoms. The first-order valence-corrected chi connectivity index (χ1v) is 8.83. The third-order valence-electron chi connectivity index (χ3n) is 4.49. The highest BCUT2D eigenvalue weighted by molar-refractivity contribution is 7.89. The Hall–Kier alpha value is -0.920. The number of imidazole rings is 1. The van der Waals surface area contributed by atoms with E-state index in [9.17, 15) is 8.42 Å². The molecule has 1 saturated carbocycles. The van der Waals surface area contributed by atoms with Gasteiger partial charge in [-0.2, -0.15) is 0 Å². The minimum Gasteiger partial charge on any atom is -0.332 e. The summed E-state index contributed by atoms with van der Waals surface area (Å²) >= 11 is 0. The lowest BCUT2D eigenvalue weighted by Crippen LogP contribution is -2.59. The van der Waals surface area contributed by atoms with Crippen LogP contribution in [0, 0.1) is 0 Å². The van der Waals surface area contributed by atoms with E-state index in [1.165, 1.54) is 12.6 Å². The molecule has 2 fully saturated rings. The van der Waals surface area contributed by atoms with Crippen LogP contribution in [-0.4, -0.2) is 36.5 Å². The Morgan fingerprint density at radius 3 is 2.90 bits per heavy atom. The summed E-state index contributed by atoms with van der Waals surface area (Å²) in [7, 11) is -3.48. The fraction of sp³-hybridized carbons (Fsp3) is 0.769. The summed E-state index contributed by atoms with van der Waals surface area (Å²) in [5, 5.41) is 3.72. The molecule has 0 aromatic carbocycles. The maximum Gasteiger partial charge on any atom is 0.257 e. The van der Waals surface area contributed by atoms with Crippen LogP contribution in [0.3, 0.4) is 0 Å². The molecule has 1 aromatic heterocycles. The van der Waals surface area contributed by atoms with Crippen LogP contribution in [0.25, 0.3) is 0 Å². The highest BCUT2D eigenvalue weighted by Gasteiger charge is 2.41. The number of rotatable bonds is 4. The van der Waals surface area contributed by atoms with E-state index >= 15 is 0 Å². The van der Waals surface area contributed by atoms with Gasteiger partial charge in [0, 0.05) is 18.0 Å². The van der Waals surface area contributed by atoms with Crippen LogP contribution < -0.4 is 10.0 Å². The zero-order valence-electron chi connectivity index (χ0n) is 11.8. The molecule has 1 spiro atoms. The van der Waals surface area contributed by atoms with Crippen LogP contribution in [-0.2, 0) is 16.4 Å². The molecule has 1 unspecified atom stereocenters. The summed E-state index contributed by atoms with van der Waals surface area (Å²) in [6, 6.07) is 0.0231. The molecule has 1 aliphatic carbocycles. The minimum absolute atomic E-state index is 0.0231. The van der Waals surface area contributed by atoms with Gasteiger partial charge in [-0.15, -0.1) is 0 Å². The second kappa shape index (κ2) is 5.13.